The molecule has 1 heterocycles. The molecule has 0 amide bonds. The fraction of sp³-hybridized carbons (Fsp3) is 0.500. The van der Waals surface area contributed by atoms with Gasteiger partial charge in [-0.3, -0.25) is 0 Å². The van der Waals surface area contributed by atoms with Gasteiger partial charge in [0.15, 0.2) is 11.7 Å². The van der Waals surface area contributed by atoms with Gasteiger partial charge in [-0.25, -0.2) is 4.99 Å². The first-order valence-electron chi connectivity index (χ1n) is 9.37. The van der Waals surface area contributed by atoms with Crippen LogP contribution in [0.25, 0.3) is 0 Å². The zero-order valence-electron chi connectivity index (χ0n) is 16.0. The second-order valence-corrected chi connectivity index (χ2v) is 6.21. The molecular formula is C20H30N4O2. The highest BCUT2D eigenvalue weighted by atomic mass is 16.5. The Balaban J connectivity index is 1.99. The number of rotatable bonds is 9. The van der Waals surface area contributed by atoms with E-state index in [0.717, 1.165) is 42.0 Å². The number of nitrogens with one attached hydrogen (secondary N) is 2. The van der Waals surface area contributed by atoms with Crippen LogP contribution in [0.15, 0.2) is 39.8 Å². The van der Waals surface area contributed by atoms with Crippen molar-refractivity contribution < 1.29 is 9.63 Å². The quantitative estimate of drug-likeness (QED) is 0.473. The molecule has 0 aliphatic heterocycles. The molecule has 0 bridgehead atoms. The van der Waals surface area contributed by atoms with E-state index < -0.39 is 0 Å². The lowest BCUT2D eigenvalue weighted by Gasteiger charge is -2.11. The van der Waals surface area contributed by atoms with E-state index in [9.17, 15) is 5.11 Å². The van der Waals surface area contributed by atoms with Crippen LogP contribution < -0.4 is 10.6 Å². The van der Waals surface area contributed by atoms with Crippen molar-refractivity contribution in [2.45, 2.75) is 59.2 Å². The van der Waals surface area contributed by atoms with Crippen LogP contribution in [0.3, 0.4) is 0 Å². The molecule has 3 N–H and O–H groups in total. The fourth-order valence-corrected chi connectivity index (χ4v) is 2.85. The summed E-state index contributed by atoms with van der Waals surface area (Å²) < 4.78 is 5.45. The lowest BCUT2D eigenvalue weighted by Crippen LogP contribution is -2.36. The summed E-state index contributed by atoms with van der Waals surface area (Å²) in [5.74, 6) is 1.96. The van der Waals surface area contributed by atoms with Crippen molar-refractivity contribution in [2.24, 2.45) is 4.99 Å². The summed E-state index contributed by atoms with van der Waals surface area (Å²) in [5.41, 5.74) is 2.94. The molecule has 1 aromatic carbocycles. The van der Waals surface area contributed by atoms with Crippen LogP contribution in [0, 0.1) is 0 Å². The summed E-state index contributed by atoms with van der Waals surface area (Å²) in [5, 5.41) is 20.1. The monoisotopic (exact) mass is 358 g/mol. The molecule has 0 aliphatic rings. The third kappa shape index (κ3) is 5.59. The van der Waals surface area contributed by atoms with E-state index in [4.69, 9.17) is 4.52 Å². The molecule has 1 aromatic heterocycles. The molecule has 0 atom stereocenters. The minimum absolute atomic E-state index is 0.0204. The molecule has 0 radical (unpaired) electrons. The third-order valence-corrected chi connectivity index (χ3v) is 4.45. The van der Waals surface area contributed by atoms with E-state index in [1.54, 1.807) is 0 Å². The van der Waals surface area contributed by atoms with Crippen molar-refractivity contribution in [3.8, 4) is 0 Å². The Morgan fingerprint density at radius 1 is 1.15 bits per heavy atom. The number of aliphatic hydroxyl groups excluding tert-OH is 1. The van der Waals surface area contributed by atoms with E-state index in [-0.39, 0.29) is 6.61 Å². The molecule has 142 valence electrons. The van der Waals surface area contributed by atoms with Crippen molar-refractivity contribution in [1.29, 1.82) is 0 Å². The van der Waals surface area contributed by atoms with Gasteiger partial charge in [0.1, 0.15) is 0 Å². The second kappa shape index (κ2) is 10.6. The maximum absolute atomic E-state index is 9.43. The predicted molar refractivity (Wildman–Crippen MR) is 104 cm³/mol. The summed E-state index contributed by atoms with van der Waals surface area (Å²) in [6, 6.07) is 9.80. The van der Waals surface area contributed by atoms with E-state index in [2.05, 4.69) is 34.6 Å². The molecule has 2 aromatic rings. The highest BCUT2D eigenvalue weighted by molar-refractivity contribution is 5.79. The van der Waals surface area contributed by atoms with Crippen LogP contribution >= 0.6 is 0 Å². The summed E-state index contributed by atoms with van der Waals surface area (Å²) in [6.45, 7) is 8.18. The Kier molecular flexibility index (Phi) is 8.15. The largest absolute Gasteiger partial charge is 0.392 e. The Bertz CT molecular complexity index is 693. The Morgan fingerprint density at radius 2 is 1.88 bits per heavy atom. The zero-order chi connectivity index (χ0) is 18.8. The highest BCUT2D eigenvalue weighted by Crippen LogP contribution is 2.22. The van der Waals surface area contributed by atoms with Crippen LogP contribution in [0.2, 0.25) is 0 Å². The number of benzene rings is 1. The molecule has 2 rings (SSSR count). The molecule has 0 spiro atoms. The molecule has 0 saturated carbocycles. The van der Waals surface area contributed by atoms with Gasteiger partial charge in [-0.1, -0.05) is 43.3 Å². The minimum atomic E-state index is 0.0204. The van der Waals surface area contributed by atoms with E-state index in [0.29, 0.717) is 25.0 Å². The Morgan fingerprint density at radius 3 is 2.54 bits per heavy atom. The number of hydrogen-bond acceptors (Lipinski definition) is 4. The van der Waals surface area contributed by atoms with Crippen molar-refractivity contribution in [3.05, 3.63) is 52.9 Å². The second-order valence-electron chi connectivity index (χ2n) is 6.21. The standard InChI is InChI=1S/C20H30N4O2/c1-4-15(5-2)19-11-18(26-24-19)13-23-20(21-6-3)22-12-16-9-7-8-10-17(16)14-25/h7-11,15,25H,4-6,12-14H2,1-3H3,(H2,21,22,23). The minimum Gasteiger partial charge on any atom is -0.392 e. The first-order valence-corrected chi connectivity index (χ1v) is 9.37. The van der Waals surface area contributed by atoms with Crippen LogP contribution in [0.5, 0.6) is 0 Å². The first-order chi connectivity index (χ1) is 12.7. The van der Waals surface area contributed by atoms with Crippen LogP contribution in [0.1, 0.15) is 62.1 Å². The van der Waals surface area contributed by atoms with Gasteiger partial charge in [-0.2, -0.15) is 0 Å². The lowest BCUT2D eigenvalue weighted by molar-refractivity contribution is 0.280. The highest BCUT2D eigenvalue weighted by Gasteiger charge is 2.13. The van der Waals surface area contributed by atoms with Crippen molar-refractivity contribution >= 4 is 5.96 Å². The maximum Gasteiger partial charge on any atom is 0.191 e. The molecule has 0 unspecified atom stereocenters. The van der Waals surface area contributed by atoms with Crippen LogP contribution in [0.4, 0.5) is 0 Å². The lowest BCUT2D eigenvalue weighted by atomic mass is 9.99. The molecule has 0 aliphatic carbocycles. The molecule has 0 fully saturated rings. The summed E-state index contributed by atoms with van der Waals surface area (Å²) in [7, 11) is 0. The third-order valence-electron chi connectivity index (χ3n) is 4.45. The van der Waals surface area contributed by atoms with Gasteiger partial charge >= 0.3 is 0 Å². The number of aliphatic imine (C=N–C) groups is 1. The molecule has 6 nitrogen and oxygen atoms in total. The summed E-state index contributed by atoms with van der Waals surface area (Å²) in [4.78, 5) is 4.60. The SMILES string of the molecule is CCNC(=NCc1ccccc1CO)NCc1cc(C(CC)CC)no1. The van der Waals surface area contributed by atoms with Crippen molar-refractivity contribution in [1.82, 2.24) is 15.8 Å². The Hall–Kier alpha value is -2.34. The van der Waals surface area contributed by atoms with Crippen LogP contribution in [-0.4, -0.2) is 22.8 Å². The number of nitrogens with zero attached hydrogens (tertiary/aromatic N) is 2. The summed E-state index contributed by atoms with van der Waals surface area (Å²) in [6.07, 6.45) is 2.12. The number of hydrogen-bond donors (Lipinski definition) is 3. The normalized spacial score (nSPS) is 11.8. The average Bonchev–Trinajstić information content (AvgIpc) is 3.14. The molecule has 0 saturated heterocycles. The number of aliphatic hydroxyl groups is 1. The fourth-order valence-electron chi connectivity index (χ4n) is 2.85. The van der Waals surface area contributed by atoms with Gasteiger partial charge < -0.3 is 20.3 Å². The van der Waals surface area contributed by atoms with Crippen molar-refractivity contribution in [3.63, 3.8) is 0 Å². The topological polar surface area (TPSA) is 82.7 Å². The van der Waals surface area contributed by atoms with Gasteiger partial charge in [0.2, 0.25) is 0 Å². The van der Waals surface area contributed by atoms with Gasteiger partial charge in [-0.15, -0.1) is 0 Å². The predicted octanol–water partition coefficient (Wildman–Crippen LogP) is 3.33. The van der Waals surface area contributed by atoms with Gasteiger partial charge in [-0.05, 0) is 30.9 Å². The van der Waals surface area contributed by atoms with E-state index in [1.807, 2.05) is 37.3 Å². The number of guanidine groups is 1. The van der Waals surface area contributed by atoms with E-state index >= 15 is 0 Å². The molecule has 26 heavy (non-hydrogen) atoms. The van der Waals surface area contributed by atoms with E-state index in [1.165, 1.54) is 0 Å². The maximum atomic E-state index is 9.43. The summed E-state index contributed by atoms with van der Waals surface area (Å²) >= 11 is 0. The Labute approximate surface area is 155 Å². The van der Waals surface area contributed by atoms with Gasteiger partial charge in [0.25, 0.3) is 0 Å². The van der Waals surface area contributed by atoms with Gasteiger partial charge in [0, 0.05) is 18.5 Å². The van der Waals surface area contributed by atoms with Crippen molar-refractivity contribution in [2.75, 3.05) is 6.54 Å². The first kappa shape index (κ1) is 20.0. The van der Waals surface area contributed by atoms with Crippen LogP contribution in [-0.2, 0) is 19.7 Å². The average molecular weight is 358 g/mol. The smallest absolute Gasteiger partial charge is 0.191 e. The zero-order valence-corrected chi connectivity index (χ0v) is 16.0. The molecular weight excluding hydrogens is 328 g/mol. The van der Waals surface area contributed by atoms with Gasteiger partial charge in [0.05, 0.1) is 25.4 Å². The molecule has 6 heteroatoms. The number of aromatic nitrogens is 1.